The Balaban J connectivity index is 2.95. The Morgan fingerprint density at radius 3 is 2.88 bits per heavy atom. The van der Waals surface area contributed by atoms with Gasteiger partial charge in [-0.1, -0.05) is 17.9 Å². The molecule has 0 aliphatic heterocycles. The van der Waals surface area contributed by atoms with Crippen molar-refractivity contribution in [2.24, 2.45) is 0 Å². The number of aryl methyl sites for hydroxylation is 1. The summed E-state index contributed by atoms with van der Waals surface area (Å²) in [5.41, 5.74) is 2.39. The summed E-state index contributed by atoms with van der Waals surface area (Å²) >= 11 is 0. The summed E-state index contributed by atoms with van der Waals surface area (Å²) in [5.74, 6) is 5.68. The zero-order valence-corrected chi connectivity index (χ0v) is 10.2. The number of rotatable bonds is 3. The minimum Gasteiger partial charge on any atom is -0.395 e. The van der Waals surface area contributed by atoms with E-state index in [0.29, 0.717) is 18.5 Å². The van der Waals surface area contributed by atoms with Gasteiger partial charge < -0.3 is 10.4 Å². The van der Waals surface area contributed by atoms with Crippen molar-refractivity contribution in [1.29, 1.82) is 0 Å². The van der Waals surface area contributed by atoms with Crippen LogP contribution >= 0.6 is 0 Å². The molecule has 1 rings (SSSR count). The van der Waals surface area contributed by atoms with Gasteiger partial charge in [-0.2, -0.15) is 0 Å². The third-order valence-electron chi connectivity index (χ3n) is 2.29. The fraction of sp³-hybridized carbons (Fsp3) is 0.357. The molecule has 0 saturated carbocycles. The van der Waals surface area contributed by atoms with Gasteiger partial charge in [0, 0.05) is 24.1 Å². The average Bonchev–Trinajstić information content (AvgIpc) is 2.32. The van der Waals surface area contributed by atoms with E-state index in [1.54, 1.807) is 6.07 Å². The Hall–Kier alpha value is -1.79. The molecule has 0 radical (unpaired) electrons. The molecule has 0 unspecified atom stereocenters. The first-order valence-electron chi connectivity index (χ1n) is 5.67. The molecule has 1 amide bonds. The number of benzene rings is 1. The summed E-state index contributed by atoms with van der Waals surface area (Å²) in [6.45, 7) is 4.45. The summed E-state index contributed by atoms with van der Waals surface area (Å²) in [7, 11) is 0. The van der Waals surface area contributed by atoms with Crippen LogP contribution in [0.1, 0.15) is 34.8 Å². The molecule has 1 aromatic rings. The van der Waals surface area contributed by atoms with Gasteiger partial charge in [0.25, 0.3) is 5.91 Å². The first-order valence-corrected chi connectivity index (χ1v) is 5.67. The lowest BCUT2D eigenvalue weighted by atomic mass is 10.0. The van der Waals surface area contributed by atoms with Gasteiger partial charge in [0.1, 0.15) is 0 Å². The van der Waals surface area contributed by atoms with E-state index in [2.05, 4.69) is 17.2 Å². The van der Waals surface area contributed by atoms with Crippen molar-refractivity contribution in [2.45, 2.75) is 20.3 Å². The summed E-state index contributed by atoms with van der Waals surface area (Å²) in [5, 5.41) is 11.4. The van der Waals surface area contributed by atoms with E-state index < -0.39 is 0 Å². The molecule has 90 valence electrons. The van der Waals surface area contributed by atoms with Gasteiger partial charge in [-0.25, -0.2) is 0 Å². The minimum atomic E-state index is -0.0733. The predicted octanol–water partition coefficient (Wildman–Crippen LogP) is 1.48. The molecule has 0 aliphatic carbocycles. The number of carbonyl (C=O) groups is 1. The lowest BCUT2D eigenvalue weighted by molar-refractivity contribution is 0.0955. The number of aliphatic hydroxyl groups is 1. The molecule has 0 aromatic heterocycles. The standard InChI is InChI=1S/C14H17NO2/c1-3-15-14(17)13-10-12(6-4-5-9-16)8-7-11(13)2/h7-8,10,16H,3,5,9H2,1-2H3,(H,15,17). The first kappa shape index (κ1) is 13.3. The van der Waals surface area contributed by atoms with E-state index in [4.69, 9.17) is 5.11 Å². The molecule has 0 fully saturated rings. The van der Waals surface area contributed by atoms with Gasteiger partial charge >= 0.3 is 0 Å². The largest absolute Gasteiger partial charge is 0.395 e. The van der Waals surface area contributed by atoms with Crippen molar-refractivity contribution < 1.29 is 9.90 Å². The molecular formula is C14H17NO2. The summed E-state index contributed by atoms with van der Waals surface area (Å²) < 4.78 is 0. The van der Waals surface area contributed by atoms with Crippen LogP contribution in [0.5, 0.6) is 0 Å². The highest BCUT2D eigenvalue weighted by Gasteiger charge is 2.07. The number of hydrogen-bond acceptors (Lipinski definition) is 2. The molecule has 0 aliphatic rings. The smallest absolute Gasteiger partial charge is 0.251 e. The molecule has 0 bridgehead atoms. The van der Waals surface area contributed by atoms with E-state index >= 15 is 0 Å². The maximum absolute atomic E-state index is 11.7. The number of hydrogen-bond donors (Lipinski definition) is 2. The second-order valence-electron chi connectivity index (χ2n) is 3.66. The molecule has 0 saturated heterocycles. The van der Waals surface area contributed by atoms with Gasteiger partial charge in [-0.3, -0.25) is 4.79 Å². The van der Waals surface area contributed by atoms with Gasteiger partial charge in [-0.15, -0.1) is 0 Å². The second kappa shape index (κ2) is 6.72. The Labute approximate surface area is 102 Å². The van der Waals surface area contributed by atoms with Crippen molar-refractivity contribution in [3.8, 4) is 11.8 Å². The lowest BCUT2D eigenvalue weighted by Crippen LogP contribution is -2.23. The zero-order valence-electron chi connectivity index (χ0n) is 10.2. The molecule has 0 heterocycles. The third-order valence-corrected chi connectivity index (χ3v) is 2.29. The van der Waals surface area contributed by atoms with E-state index in [0.717, 1.165) is 11.1 Å². The van der Waals surface area contributed by atoms with E-state index in [9.17, 15) is 4.79 Å². The normalized spacial score (nSPS) is 9.35. The van der Waals surface area contributed by atoms with Crippen molar-refractivity contribution in [3.05, 3.63) is 34.9 Å². The van der Waals surface area contributed by atoms with Crippen molar-refractivity contribution in [1.82, 2.24) is 5.32 Å². The molecular weight excluding hydrogens is 214 g/mol. The molecule has 3 nitrogen and oxygen atoms in total. The SMILES string of the molecule is CCNC(=O)c1cc(C#CCCO)ccc1C. The van der Waals surface area contributed by atoms with Crippen LogP contribution in [0.4, 0.5) is 0 Å². The van der Waals surface area contributed by atoms with Crippen molar-refractivity contribution in [3.63, 3.8) is 0 Å². The topological polar surface area (TPSA) is 49.3 Å². The maximum Gasteiger partial charge on any atom is 0.251 e. The van der Waals surface area contributed by atoms with E-state index in [1.165, 1.54) is 0 Å². The maximum atomic E-state index is 11.7. The van der Waals surface area contributed by atoms with Crippen molar-refractivity contribution in [2.75, 3.05) is 13.2 Å². The number of carbonyl (C=O) groups excluding carboxylic acids is 1. The fourth-order valence-corrected chi connectivity index (χ4v) is 1.42. The first-order chi connectivity index (χ1) is 8.19. The monoisotopic (exact) mass is 231 g/mol. The van der Waals surface area contributed by atoms with Crippen LogP contribution in [0, 0.1) is 18.8 Å². The van der Waals surface area contributed by atoms with Crippen LogP contribution < -0.4 is 5.32 Å². The molecule has 2 N–H and O–H groups in total. The number of aliphatic hydroxyl groups excluding tert-OH is 1. The summed E-state index contributed by atoms with van der Waals surface area (Å²) in [6.07, 6.45) is 0.449. The number of amides is 1. The predicted molar refractivity (Wildman–Crippen MR) is 67.8 cm³/mol. The average molecular weight is 231 g/mol. The summed E-state index contributed by atoms with van der Waals surface area (Å²) in [6, 6.07) is 5.54. The Morgan fingerprint density at radius 1 is 1.47 bits per heavy atom. The Kier molecular flexibility index (Phi) is 5.25. The van der Waals surface area contributed by atoms with Crippen molar-refractivity contribution >= 4 is 5.91 Å². The van der Waals surface area contributed by atoms with Crippen LogP contribution in [-0.2, 0) is 0 Å². The molecule has 0 spiro atoms. The van der Waals surface area contributed by atoms with Crippen LogP contribution in [0.15, 0.2) is 18.2 Å². The Bertz CT molecular complexity index is 455. The highest BCUT2D eigenvalue weighted by molar-refractivity contribution is 5.95. The van der Waals surface area contributed by atoms with E-state index in [1.807, 2.05) is 26.0 Å². The van der Waals surface area contributed by atoms with Crippen LogP contribution in [0.3, 0.4) is 0 Å². The molecule has 3 heteroatoms. The molecule has 0 atom stereocenters. The van der Waals surface area contributed by atoms with Crippen LogP contribution in [0.25, 0.3) is 0 Å². The zero-order chi connectivity index (χ0) is 12.7. The minimum absolute atomic E-state index is 0.0576. The lowest BCUT2D eigenvalue weighted by Gasteiger charge is -2.06. The van der Waals surface area contributed by atoms with Crippen LogP contribution in [-0.4, -0.2) is 24.2 Å². The van der Waals surface area contributed by atoms with Gasteiger partial charge in [-0.05, 0) is 31.5 Å². The highest BCUT2D eigenvalue weighted by Crippen LogP contribution is 2.10. The second-order valence-corrected chi connectivity index (χ2v) is 3.66. The quantitative estimate of drug-likeness (QED) is 0.774. The van der Waals surface area contributed by atoms with Crippen LogP contribution in [0.2, 0.25) is 0 Å². The van der Waals surface area contributed by atoms with Gasteiger partial charge in [0.2, 0.25) is 0 Å². The van der Waals surface area contributed by atoms with Gasteiger partial charge in [0.15, 0.2) is 0 Å². The third kappa shape index (κ3) is 3.93. The summed E-state index contributed by atoms with van der Waals surface area (Å²) in [4.78, 5) is 11.7. The van der Waals surface area contributed by atoms with E-state index in [-0.39, 0.29) is 12.5 Å². The molecule has 17 heavy (non-hydrogen) atoms. The Morgan fingerprint density at radius 2 is 2.24 bits per heavy atom. The highest BCUT2D eigenvalue weighted by atomic mass is 16.2. The molecule has 1 aromatic carbocycles. The number of nitrogens with one attached hydrogen (secondary N) is 1. The fourth-order valence-electron chi connectivity index (χ4n) is 1.42. The van der Waals surface area contributed by atoms with Gasteiger partial charge in [0.05, 0.1) is 6.61 Å².